The number of hydrogen-bond acceptors (Lipinski definition) is 4. The summed E-state index contributed by atoms with van der Waals surface area (Å²) in [5.41, 5.74) is 4.96. The van der Waals surface area contributed by atoms with Crippen LogP contribution < -0.4 is 16.4 Å². The number of carbonyl (C=O) groups excluding carboxylic acids is 3. The average Bonchev–Trinajstić information content (AvgIpc) is 3.07. The number of carbonyl (C=O) groups is 3. The number of nitrogens with one attached hydrogen (secondary N) is 2. The van der Waals surface area contributed by atoms with E-state index in [0.29, 0.717) is 25.3 Å². The van der Waals surface area contributed by atoms with E-state index in [-0.39, 0.29) is 36.8 Å². The minimum atomic E-state index is -0.761. The summed E-state index contributed by atoms with van der Waals surface area (Å²) >= 11 is 0. The first-order valence-electron chi connectivity index (χ1n) is 8.69. The van der Waals surface area contributed by atoms with E-state index in [0.717, 1.165) is 43.4 Å². The molecule has 2 saturated carbocycles. The summed E-state index contributed by atoms with van der Waals surface area (Å²) < 4.78 is 0. The highest BCUT2D eigenvalue weighted by molar-refractivity contribution is 6.09. The van der Waals surface area contributed by atoms with Crippen LogP contribution in [0.1, 0.15) is 51.4 Å². The van der Waals surface area contributed by atoms with Crippen LogP contribution in [0.15, 0.2) is 0 Å². The smallest absolute Gasteiger partial charge is 0.325 e. The number of hydrogen-bond donors (Lipinski definition) is 3. The molecule has 0 bridgehead atoms. The van der Waals surface area contributed by atoms with Crippen LogP contribution >= 0.6 is 12.4 Å². The van der Waals surface area contributed by atoms with E-state index in [1.807, 2.05) is 0 Å². The molecule has 2 atom stereocenters. The Morgan fingerprint density at radius 2 is 1.92 bits per heavy atom. The van der Waals surface area contributed by atoms with Crippen molar-refractivity contribution in [2.75, 3.05) is 13.1 Å². The predicted molar refractivity (Wildman–Crippen MR) is 91.6 cm³/mol. The van der Waals surface area contributed by atoms with Gasteiger partial charge in [0.2, 0.25) is 5.91 Å². The second-order valence-electron chi connectivity index (χ2n) is 7.06. The zero-order chi connectivity index (χ0) is 16.4. The third kappa shape index (κ3) is 3.52. The lowest BCUT2D eigenvalue weighted by atomic mass is 9.82. The van der Waals surface area contributed by atoms with Crippen LogP contribution in [-0.2, 0) is 9.59 Å². The molecule has 0 aromatic carbocycles. The molecule has 3 rings (SSSR count). The zero-order valence-corrected chi connectivity index (χ0v) is 14.7. The Kier molecular flexibility index (Phi) is 6.09. The molecule has 1 saturated heterocycles. The summed E-state index contributed by atoms with van der Waals surface area (Å²) in [4.78, 5) is 38.1. The fourth-order valence-corrected chi connectivity index (χ4v) is 4.22. The molecular formula is C16H27ClN4O3. The second-order valence-corrected chi connectivity index (χ2v) is 7.06. The van der Waals surface area contributed by atoms with Crippen molar-refractivity contribution in [1.82, 2.24) is 15.5 Å². The van der Waals surface area contributed by atoms with Crippen LogP contribution in [0.5, 0.6) is 0 Å². The van der Waals surface area contributed by atoms with Gasteiger partial charge in [0.15, 0.2) is 0 Å². The molecule has 0 radical (unpaired) electrons. The maximum atomic E-state index is 12.6. The van der Waals surface area contributed by atoms with Crippen LogP contribution in [0.2, 0.25) is 0 Å². The molecule has 0 aromatic heterocycles. The molecule has 2 unspecified atom stereocenters. The third-order valence-corrected chi connectivity index (χ3v) is 5.56. The SMILES string of the molecule is Cl.NCC1CCCC1NC(=O)CN1C(=O)NC2(CCCCC2)C1=O. The lowest BCUT2D eigenvalue weighted by molar-refractivity contribution is -0.136. The molecule has 24 heavy (non-hydrogen) atoms. The van der Waals surface area contributed by atoms with Gasteiger partial charge in [-0.2, -0.15) is 0 Å². The number of imide groups is 1. The summed E-state index contributed by atoms with van der Waals surface area (Å²) in [6, 6.07) is -0.370. The number of nitrogens with two attached hydrogens (primary N) is 1. The first kappa shape index (κ1) is 19.0. The summed E-state index contributed by atoms with van der Waals surface area (Å²) in [6.07, 6.45) is 7.30. The summed E-state index contributed by atoms with van der Waals surface area (Å²) in [5.74, 6) is -0.211. The molecular weight excluding hydrogens is 332 g/mol. The quantitative estimate of drug-likeness (QED) is 0.649. The molecule has 1 heterocycles. The minimum absolute atomic E-state index is 0. The molecule has 8 heteroatoms. The Hall–Kier alpha value is -1.34. The Morgan fingerprint density at radius 3 is 2.58 bits per heavy atom. The largest absolute Gasteiger partial charge is 0.351 e. The zero-order valence-electron chi connectivity index (χ0n) is 13.9. The van der Waals surface area contributed by atoms with E-state index in [2.05, 4.69) is 10.6 Å². The molecule has 3 aliphatic rings. The van der Waals surface area contributed by atoms with Crippen LogP contribution in [0, 0.1) is 5.92 Å². The van der Waals surface area contributed by atoms with Crippen molar-refractivity contribution in [3.05, 3.63) is 0 Å². The van der Waals surface area contributed by atoms with Gasteiger partial charge in [0, 0.05) is 6.04 Å². The predicted octanol–water partition coefficient (Wildman–Crippen LogP) is 0.907. The van der Waals surface area contributed by atoms with Crippen molar-refractivity contribution in [2.45, 2.75) is 62.9 Å². The molecule has 3 fully saturated rings. The maximum absolute atomic E-state index is 12.6. The Balaban J connectivity index is 0.00000208. The molecule has 1 aliphatic heterocycles. The van der Waals surface area contributed by atoms with E-state index < -0.39 is 11.6 Å². The van der Waals surface area contributed by atoms with Crippen molar-refractivity contribution in [3.63, 3.8) is 0 Å². The van der Waals surface area contributed by atoms with Gasteiger partial charge < -0.3 is 16.4 Å². The minimum Gasteiger partial charge on any atom is -0.351 e. The van der Waals surface area contributed by atoms with Gasteiger partial charge in [0.1, 0.15) is 12.1 Å². The van der Waals surface area contributed by atoms with Crippen LogP contribution in [-0.4, -0.2) is 47.4 Å². The normalized spacial score (nSPS) is 28.6. The van der Waals surface area contributed by atoms with Gasteiger partial charge in [-0.15, -0.1) is 12.4 Å². The van der Waals surface area contributed by atoms with E-state index in [1.165, 1.54) is 0 Å². The molecule has 0 aromatic rings. The van der Waals surface area contributed by atoms with E-state index in [9.17, 15) is 14.4 Å². The number of amides is 4. The average molecular weight is 359 g/mol. The highest BCUT2D eigenvalue weighted by Gasteiger charge is 2.51. The van der Waals surface area contributed by atoms with Crippen molar-refractivity contribution in [3.8, 4) is 0 Å². The Bertz CT molecular complexity index is 508. The fourth-order valence-electron chi connectivity index (χ4n) is 4.22. The molecule has 1 spiro atoms. The van der Waals surface area contributed by atoms with Gasteiger partial charge in [-0.1, -0.05) is 25.7 Å². The van der Waals surface area contributed by atoms with Gasteiger partial charge in [-0.05, 0) is 38.1 Å². The summed E-state index contributed by atoms with van der Waals surface area (Å²) in [5, 5.41) is 5.77. The van der Waals surface area contributed by atoms with Gasteiger partial charge >= 0.3 is 6.03 Å². The first-order valence-corrected chi connectivity index (χ1v) is 8.69. The van der Waals surface area contributed by atoms with E-state index in [4.69, 9.17) is 5.73 Å². The lowest BCUT2D eigenvalue weighted by Crippen LogP contribution is -2.49. The molecule has 4 amide bonds. The Labute approximate surface area is 148 Å². The second kappa shape index (κ2) is 7.70. The highest BCUT2D eigenvalue weighted by atomic mass is 35.5. The molecule has 4 N–H and O–H groups in total. The molecule has 136 valence electrons. The van der Waals surface area contributed by atoms with Gasteiger partial charge in [0.25, 0.3) is 5.91 Å². The number of nitrogens with zero attached hydrogens (tertiary/aromatic N) is 1. The third-order valence-electron chi connectivity index (χ3n) is 5.56. The topological polar surface area (TPSA) is 105 Å². The van der Waals surface area contributed by atoms with E-state index in [1.54, 1.807) is 0 Å². The van der Waals surface area contributed by atoms with Crippen LogP contribution in [0.4, 0.5) is 4.79 Å². The van der Waals surface area contributed by atoms with Gasteiger partial charge in [-0.25, -0.2) is 4.79 Å². The van der Waals surface area contributed by atoms with Crippen LogP contribution in [0.3, 0.4) is 0 Å². The molecule has 7 nitrogen and oxygen atoms in total. The number of urea groups is 1. The number of rotatable bonds is 4. The van der Waals surface area contributed by atoms with Crippen molar-refractivity contribution >= 4 is 30.3 Å². The fraction of sp³-hybridized carbons (Fsp3) is 0.812. The van der Waals surface area contributed by atoms with Crippen molar-refractivity contribution in [1.29, 1.82) is 0 Å². The first-order chi connectivity index (χ1) is 11.1. The monoisotopic (exact) mass is 358 g/mol. The van der Waals surface area contributed by atoms with Gasteiger partial charge in [-0.3, -0.25) is 14.5 Å². The Morgan fingerprint density at radius 1 is 1.21 bits per heavy atom. The van der Waals surface area contributed by atoms with Gasteiger partial charge in [0.05, 0.1) is 0 Å². The van der Waals surface area contributed by atoms with Crippen molar-refractivity contribution < 1.29 is 14.4 Å². The summed E-state index contributed by atoms with van der Waals surface area (Å²) in [7, 11) is 0. The highest BCUT2D eigenvalue weighted by Crippen LogP contribution is 2.33. The van der Waals surface area contributed by atoms with Crippen LogP contribution in [0.25, 0.3) is 0 Å². The van der Waals surface area contributed by atoms with Crippen molar-refractivity contribution in [2.24, 2.45) is 11.7 Å². The molecule has 2 aliphatic carbocycles. The summed E-state index contributed by atoms with van der Waals surface area (Å²) in [6.45, 7) is 0.359. The standard InChI is InChI=1S/C16H26N4O3.ClH/c17-9-11-5-4-6-12(11)18-13(21)10-20-14(22)16(19-15(20)23)7-2-1-3-8-16;/h11-12H,1-10,17H2,(H,18,21)(H,19,23);1H. The maximum Gasteiger partial charge on any atom is 0.325 e. The van der Waals surface area contributed by atoms with E-state index >= 15 is 0 Å². The number of halogens is 1. The lowest BCUT2D eigenvalue weighted by Gasteiger charge is -2.30.